The number of rotatable bonds is 5. The molecule has 2 rings (SSSR count). The van der Waals surface area contributed by atoms with E-state index >= 15 is 0 Å². The lowest BCUT2D eigenvalue weighted by molar-refractivity contribution is 0.209. The van der Waals surface area contributed by atoms with Gasteiger partial charge in [0.25, 0.3) is 10.1 Å². The molecule has 0 saturated carbocycles. The maximum absolute atomic E-state index is 12.9. The minimum atomic E-state index is -3.84. The van der Waals surface area contributed by atoms with Crippen molar-refractivity contribution in [2.24, 2.45) is 0 Å². The zero-order chi connectivity index (χ0) is 15.5. The zero-order valence-corrected chi connectivity index (χ0v) is 12.7. The van der Waals surface area contributed by atoms with Gasteiger partial charge in [-0.2, -0.15) is 8.42 Å². The van der Waals surface area contributed by atoms with Crippen molar-refractivity contribution in [2.75, 3.05) is 0 Å². The third-order valence-electron chi connectivity index (χ3n) is 3.17. The Hall–Kier alpha value is -1.72. The molecule has 0 saturated heterocycles. The first-order valence-corrected chi connectivity index (χ1v) is 8.08. The molecule has 3 nitrogen and oxygen atoms in total. The van der Waals surface area contributed by atoms with Crippen molar-refractivity contribution in [3.05, 3.63) is 65.5 Å². The predicted molar refractivity (Wildman–Crippen MR) is 78.9 cm³/mol. The van der Waals surface area contributed by atoms with Crippen LogP contribution in [0.5, 0.6) is 0 Å². The molecule has 0 amide bonds. The van der Waals surface area contributed by atoms with Crippen molar-refractivity contribution < 1.29 is 17.0 Å². The van der Waals surface area contributed by atoms with E-state index < -0.39 is 16.2 Å². The van der Waals surface area contributed by atoms with Crippen molar-refractivity contribution in [3.63, 3.8) is 0 Å². The summed E-state index contributed by atoms with van der Waals surface area (Å²) in [6.07, 6.45) is -0.159. The first-order valence-electron chi connectivity index (χ1n) is 6.68. The van der Waals surface area contributed by atoms with Crippen LogP contribution in [0.3, 0.4) is 0 Å². The van der Waals surface area contributed by atoms with Crippen molar-refractivity contribution >= 4 is 10.1 Å². The van der Waals surface area contributed by atoms with Crippen LogP contribution in [0.2, 0.25) is 0 Å². The monoisotopic (exact) mass is 308 g/mol. The van der Waals surface area contributed by atoms with Gasteiger partial charge in [-0.05, 0) is 43.2 Å². The van der Waals surface area contributed by atoms with Gasteiger partial charge in [-0.25, -0.2) is 4.39 Å². The molecular formula is C16H17FO3S. The van der Waals surface area contributed by atoms with Crippen LogP contribution in [0.1, 0.15) is 30.6 Å². The highest BCUT2D eigenvalue weighted by atomic mass is 32.2. The summed E-state index contributed by atoms with van der Waals surface area (Å²) < 4.78 is 42.7. The highest BCUT2D eigenvalue weighted by Crippen LogP contribution is 2.26. The molecular weight excluding hydrogens is 291 g/mol. The number of hydrogen-bond donors (Lipinski definition) is 0. The number of aryl methyl sites for hydroxylation is 1. The van der Waals surface area contributed by atoms with Crippen molar-refractivity contribution in [2.45, 2.75) is 31.3 Å². The second-order valence-electron chi connectivity index (χ2n) is 4.81. The van der Waals surface area contributed by atoms with Crippen LogP contribution in [0.25, 0.3) is 0 Å². The molecule has 112 valence electrons. The number of benzene rings is 2. The molecule has 2 aromatic carbocycles. The summed E-state index contributed by atoms with van der Waals surface area (Å²) >= 11 is 0. The van der Waals surface area contributed by atoms with Crippen molar-refractivity contribution in [3.8, 4) is 0 Å². The quantitative estimate of drug-likeness (QED) is 0.784. The Morgan fingerprint density at radius 3 is 2.14 bits per heavy atom. The first kappa shape index (κ1) is 15.7. The summed E-state index contributed by atoms with van der Waals surface area (Å²) in [6.45, 7) is 3.70. The van der Waals surface area contributed by atoms with Gasteiger partial charge in [0.15, 0.2) is 0 Å². The van der Waals surface area contributed by atoms with Crippen LogP contribution in [0.15, 0.2) is 53.4 Å². The van der Waals surface area contributed by atoms with Gasteiger partial charge in [0.1, 0.15) is 11.9 Å². The normalized spacial score (nSPS) is 13.1. The SMILES string of the molecule is CCC(OS(=O)(=O)c1ccc(C)cc1)c1ccc(F)cc1. The van der Waals surface area contributed by atoms with E-state index in [0.29, 0.717) is 12.0 Å². The molecule has 2 aromatic rings. The lowest BCUT2D eigenvalue weighted by atomic mass is 10.1. The van der Waals surface area contributed by atoms with Crippen LogP contribution in [0.4, 0.5) is 4.39 Å². The summed E-state index contributed by atoms with van der Waals surface area (Å²) in [5.74, 6) is -0.366. The molecule has 0 aliphatic carbocycles. The summed E-state index contributed by atoms with van der Waals surface area (Å²) in [4.78, 5) is 0.119. The smallest absolute Gasteiger partial charge is 0.258 e. The number of hydrogen-bond acceptors (Lipinski definition) is 3. The van der Waals surface area contributed by atoms with E-state index in [1.807, 2.05) is 13.8 Å². The highest BCUT2D eigenvalue weighted by Gasteiger charge is 2.22. The van der Waals surface area contributed by atoms with E-state index in [0.717, 1.165) is 5.56 Å². The van der Waals surface area contributed by atoms with Crippen molar-refractivity contribution in [1.29, 1.82) is 0 Å². The van der Waals surface area contributed by atoms with E-state index in [1.165, 1.54) is 36.4 Å². The minimum Gasteiger partial charge on any atom is -0.258 e. The molecule has 0 heterocycles. The maximum Gasteiger partial charge on any atom is 0.297 e. The Balaban J connectivity index is 2.24. The summed E-state index contributed by atoms with van der Waals surface area (Å²) in [6, 6.07) is 12.1. The Kier molecular flexibility index (Phi) is 4.75. The Bertz CT molecular complexity index is 691. The van der Waals surface area contributed by atoms with Gasteiger partial charge in [-0.3, -0.25) is 4.18 Å². The Morgan fingerprint density at radius 2 is 1.62 bits per heavy atom. The van der Waals surface area contributed by atoms with E-state index in [9.17, 15) is 12.8 Å². The van der Waals surface area contributed by atoms with Gasteiger partial charge in [0, 0.05) is 0 Å². The fourth-order valence-electron chi connectivity index (χ4n) is 1.95. The topological polar surface area (TPSA) is 43.4 Å². The summed E-state index contributed by atoms with van der Waals surface area (Å²) in [7, 11) is -3.84. The maximum atomic E-state index is 12.9. The molecule has 1 atom stereocenters. The molecule has 0 fully saturated rings. The second kappa shape index (κ2) is 6.37. The average Bonchev–Trinajstić information content (AvgIpc) is 2.46. The molecule has 0 aliphatic heterocycles. The van der Waals surface area contributed by atoms with E-state index in [1.54, 1.807) is 12.1 Å². The predicted octanol–water partition coefficient (Wildman–Crippen LogP) is 3.99. The van der Waals surface area contributed by atoms with Crippen LogP contribution >= 0.6 is 0 Å². The molecule has 21 heavy (non-hydrogen) atoms. The van der Waals surface area contributed by atoms with Gasteiger partial charge >= 0.3 is 0 Å². The highest BCUT2D eigenvalue weighted by molar-refractivity contribution is 7.86. The molecule has 0 spiro atoms. The van der Waals surface area contributed by atoms with Crippen LogP contribution in [0, 0.1) is 12.7 Å². The summed E-state index contributed by atoms with van der Waals surface area (Å²) in [5.41, 5.74) is 1.61. The molecule has 0 aromatic heterocycles. The van der Waals surface area contributed by atoms with Crippen molar-refractivity contribution in [1.82, 2.24) is 0 Å². The third-order valence-corrected chi connectivity index (χ3v) is 4.50. The van der Waals surface area contributed by atoms with E-state index in [-0.39, 0.29) is 10.7 Å². The lowest BCUT2D eigenvalue weighted by Gasteiger charge is -2.16. The van der Waals surface area contributed by atoms with Crippen LogP contribution in [-0.4, -0.2) is 8.42 Å². The Labute approximate surface area is 124 Å². The van der Waals surface area contributed by atoms with E-state index in [2.05, 4.69) is 0 Å². The number of halogens is 1. The molecule has 0 bridgehead atoms. The lowest BCUT2D eigenvalue weighted by Crippen LogP contribution is -2.12. The van der Waals surface area contributed by atoms with Crippen LogP contribution in [-0.2, 0) is 14.3 Å². The largest absolute Gasteiger partial charge is 0.297 e. The van der Waals surface area contributed by atoms with Crippen LogP contribution < -0.4 is 0 Å². The minimum absolute atomic E-state index is 0.119. The third kappa shape index (κ3) is 3.89. The standard InChI is InChI=1S/C16H17FO3S/c1-3-16(13-6-8-14(17)9-7-13)20-21(18,19)15-10-4-12(2)5-11-15/h4-11,16H,3H2,1-2H3. The zero-order valence-electron chi connectivity index (χ0n) is 11.9. The first-order chi connectivity index (χ1) is 9.92. The second-order valence-corrected chi connectivity index (χ2v) is 6.38. The summed E-state index contributed by atoms with van der Waals surface area (Å²) in [5, 5.41) is 0. The molecule has 5 heteroatoms. The molecule has 0 aliphatic rings. The van der Waals surface area contributed by atoms with Gasteiger partial charge in [-0.1, -0.05) is 36.8 Å². The molecule has 0 N–H and O–H groups in total. The van der Waals surface area contributed by atoms with E-state index in [4.69, 9.17) is 4.18 Å². The van der Waals surface area contributed by atoms with Gasteiger partial charge in [0.2, 0.25) is 0 Å². The fourth-order valence-corrected chi connectivity index (χ4v) is 3.08. The van der Waals surface area contributed by atoms with Gasteiger partial charge in [-0.15, -0.1) is 0 Å². The average molecular weight is 308 g/mol. The van der Waals surface area contributed by atoms with Gasteiger partial charge in [0.05, 0.1) is 4.90 Å². The fraction of sp³-hybridized carbons (Fsp3) is 0.250. The molecule has 1 unspecified atom stereocenters. The molecule has 0 radical (unpaired) electrons. The Morgan fingerprint density at radius 1 is 1.05 bits per heavy atom. The van der Waals surface area contributed by atoms with Gasteiger partial charge < -0.3 is 0 Å².